The van der Waals surface area contributed by atoms with Gasteiger partial charge in [-0.1, -0.05) is 41.9 Å². The van der Waals surface area contributed by atoms with E-state index in [1.165, 1.54) is 0 Å². The zero-order valence-electron chi connectivity index (χ0n) is 18.4. The number of benzene rings is 3. The highest BCUT2D eigenvalue weighted by Crippen LogP contribution is 2.31. The number of hydrogen-bond donors (Lipinski definition) is 1. The number of hydrogen-bond acceptors (Lipinski definition) is 5. The third-order valence-electron chi connectivity index (χ3n) is 5.56. The highest BCUT2D eigenvalue weighted by Gasteiger charge is 2.24. The molecule has 4 rings (SSSR count). The van der Waals surface area contributed by atoms with E-state index < -0.39 is 5.97 Å². The largest absolute Gasteiger partial charge is 0.492 e. The maximum Gasteiger partial charge on any atom is 0.317 e. The average Bonchev–Trinajstić information content (AvgIpc) is 2.81. The number of carboxylic acid groups (broad SMARTS) is 1. The number of aliphatic carboxylic acids is 1. The van der Waals surface area contributed by atoms with E-state index in [4.69, 9.17) is 30.9 Å². The lowest BCUT2D eigenvalue weighted by Crippen LogP contribution is -2.43. The van der Waals surface area contributed by atoms with Crippen LogP contribution in [0.3, 0.4) is 0 Å². The quantitative estimate of drug-likeness (QED) is 0.486. The summed E-state index contributed by atoms with van der Waals surface area (Å²) in [6.07, 6.45) is 0.746. The van der Waals surface area contributed by atoms with E-state index in [2.05, 4.69) is 0 Å². The fourth-order valence-corrected chi connectivity index (χ4v) is 3.91. The van der Waals surface area contributed by atoms with Crippen LogP contribution >= 0.6 is 11.6 Å². The summed E-state index contributed by atoms with van der Waals surface area (Å²) in [6, 6.07) is 21.3. The number of fused-ring (bicyclic) bond motifs is 1. The molecule has 0 aliphatic carbocycles. The summed E-state index contributed by atoms with van der Waals surface area (Å²) in [5, 5.41) is 9.68. The number of carbonyl (C=O) groups is 1. The number of nitrogens with zero attached hydrogens (tertiary/aromatic N) is 1. The van der Waals surface area contributed by atoms with Gasteiger partial charge in [-0.2, -0.15) is 0 Å². The maximum atomic E-state index is 10.9. The molecule has 0 aromatic heterocycles. The van der Waals surface area contributed by atoms with Gasteiger partial charge in [-0.15, -0.1) is 0 Å². The van der Waals surface area contributed by atoms with Crippen LogP contribution in [0.2, 0.25) is 5.02 Å². The maximum absolute atomic E-state index is 10.9. The van der Waals surface area contributed by atoms with Crippen LogP contribution in [0.15, 0.2) is 66.7 Å². The molecular weight excluding hydrogens is 442 g/mol. The van der Waals surface area contributed by atoms with Crippen LogP contribution in [-0.2, 0) is 24.4 Å². The monoisotopic (exact) mass is 467 g/mol. The summed E-state index contributed by atoms with van der Waals surface area (Å²) in [4.78, 5) is 12.7. The standard InChI is InChI=1S/C26H26ClNO5/c1-28(14-26(29)30)22-12-20-7-10-24(13-25(20)33-17-22)32-15-18-5-8-23(9-6-18)31-16-19-3-2-4-21(27)11-19/h2-11,13,22H,12,14-17H2,1H3,(H,29,30). The summed E-state index contributed by atoms with van der Waals surface area (Å²) in [5.74, 6) is 1.46. The number of halogens is 1. The Balaban J connectivity index is 1.28. The highest BCUT2D eigenvalue weighted by atomic mass is 35.5. The Labute approximate surface area is 198 Å². The van der Waals surface area contributed by atoms with Crippen molar-refractivity contribution in [3.63, 3.8) is 0 Å². The molecule has 0 fully saturated rings. The molecule has 6 nitrogen and oxygen atoms in total. The Bertz CT molecular complexity index is 1100. The number of rotatable bonds is 9. The Morgan fingerprint density at radius 3 is 2.52 bits per heavy atom. The molecule has 1 atom stereocenters. The molecule has 0 radical (unpaired) electrons. The highest BCUT2D eigenvalue weighted by molar-refractivity contribution is 6.30. The molecule has 1 aliphatic rings. The van der Waals surface area contributed by atoms with Crippen molar-refractivity contribution in [2.24, 2.45) is 0 Å². The fraction of sp³-hybridized carbons (Fsp3) is 0.269. The molecule has 1 aliphatic heterocycles. The lowest BCUT2D eigenvalue weighted by Gasteiger charge is -2.31. The molecule has 0 bridgehead atoms. The van der Waals surface area contributed by atoms with Gasteiger partial charge >= 0.3 is 5.97 Å². The van der Waals surface area contributed by atoms with E-state index in [1.807, 2.05) is 66.7 Å². The van der Waals surface area contributed by atoms with Gasteiger partial charge in [0.25, 0.3) is 0 Å². The van der Waals surface area contributed by atoms with Crippen LogP contribution in [0.25, 0.3) is 0 Å². The first-order valence-corrected chi connectivity index (χ1v) is 11.1. The van der Waals surface area contributed by atoms with Crippen LogP contribution in [-0.4, -0.2) is 42.2 Å². The number of ether oxygens (including phenoxy) is 3. The topological polar surface area (TPSA) is 68.2 Å². The minimum Gasteiger partial charge on any atom is -0.492 e. The molecule has 0 saturated carbocycles. The molecular formula is C26H26ClNO5. The summed E-state index contributed by atoms with van der Waals surface area (Å²) in [7, 11) is 1.80. The van der Waals surface area contributed by atoms with Gasteiger partial charge < -0.3 is 19.3 Å². The van der Waals surface area contributed by atoms with Crippen molar-refractivity contribution in [3.8, 4) is 17.2 Å². The van der Waals surface area contributed by atoms with Crippen molar-refractivity contribution in [1.29, 1.82) is 0 Å². The smallest absolute Gasteiger partial charge is 0.317 e. The number of likely N-dealkylation sites (N-methyl/N-ethyl adjacent to an activating group) is 1. The fourth-order valence-electron chi connectivity index (χ4n) is 3.69. The first kappa shape index (κ1) is 23.0. The molecule has 1 N–H and O–H groups in total. The predicted molar refractivity (Wildman–Crippen MR) is 126 cm³/mol. The van der Waals surface area contributed by atoms with E-state index in [1.54, 1.807) is 11.9 Å². The van der Waals surface area contributed by atoms with Crippen molar-refractivity contribution < 1.29 is 24.1 Å². The van der Waals surface area contributed by atoms with Crippen molar-refractivity contribution >= 4 is 17.6 Å². The predicted octanol–water partition coefficient (Wildman–Crippen LogP) is 4.82. The van der Waals surface area contributed by atoms with Crippen LogP contribution < -0.4 is 14.2 Å². The summed E-state index contributed by atoms with van der Waals surface area (Å²) < 4.78 is 17.6. The molecule has 3 aromatic carbocycles. The molecule has 3 aromatic rings. The van der Waals surface area contributed by atoms with Crippen LogP contribution in [0.1, 0.15) is 16.7 Å². The van der Waals surface area contributed by atoms with Crippen molar-refractivity contribution in [1.82, 2.24) is 4.90 Å². The molecule has 1 heterocycles. The Morgan fingerprint density at radius 2 is 1.76 bits per heavy atom. The van der Waals surface area contributed by atoms with Gasteiger partial charge in [0.15, 0.2) is 0 Å². The normalized spacial score (nSPS) is 14.9. The van der Waals surface area contributed by atoms with E-state index in [-0.39, 0.29) is 12.6 Å². The van der Waals surface area contributed by atoms with E-state index in [9.17, 15) is 4.79 Å². The Hall–Kier alpha value is -3.22. The second-order valence-electron chi connectivity index (χ2n) is 8.10. The Kier molecular flexibility index (Phi) is 7.37. The van der Waals surface area contributed by atoms with E-state index in [0.29, 0.717) is 24.8 Å². The SMILES string of the molecule is CN(CC(=O)O)C1COc2cc(OCc3ccc(OCc4cccc(Cl)c4)cc3)ccc2C1. The van der Waals surface area contributed by atoms with Gasteiger partial charge in [-0.3, -0.25) is 9.69 Å². The van der Waals surface area contributed by atoms with Crippen molar-refractivity contribution in [3.05, 3.63) is 88.4 Å². The molecule has 0 saturated heterocycles. The minimum absolute atomic E-state index is 0.00497. The molecule has 172 valence electrons. The number of carboxylic acids is 1. The van der Waals surface area contributed by atoms with Gasteiger partial charge in [-0.25, -0.2) is 0 Å². The summed E-state index contributed by atoms with van der Waals surface area (Å²) in [6.45, 7) is 1.34. The zero-order valence-corrected chi connectivity index (χ0v) is 19.1. The van der Waals surface area contributed by atoms with Gasteiger partial charge in [-0.05, 0) is 60.5 Å². The molecule has 0 amide bonds. The second kappa shape index (κ2) is 10.6. The molecule has 7 heteroatoms. The van der Waals surface area contributed by atoms with Crippen LogP contribution in [0, 0.1) is 0 Å². The first-order chi connectivity index (χ1) is 16.0. The average molecular weight is 468 g/mol. The molecule has 0 spiro atoms. The third kappa shape index (κ3) is 6.40. The van der Waals surface area contributed by atoms with Crippen LogP contribution in [0.5, 0.6) is 17.2 Å². The van der Waals surface area contributed by atoms with E-state index in [0.717, 1.165) is 40.4 Å². The lowest BCUT2D eigenvalue weighted by molar-refractivity contribution is -0.138. The minimum atomic E-state index is -0.840. The van der Waals surface area contributed by atoms with Gasteiger partial charge in [0.1, 0.15) is 37.1 Å². The van der Waals surface area contributed by atoms with Gasteiger partial charge in [0.05, 0.1) is 6.54 Å². The van der Waals surface area contributed by atoms with Gasteiger partial charge in [0, 0.05) is 17.1 Å². The van der Waals surface area contributed by atoms with Crippen molar-refractivity contribution in [2.75, 3.05) is 20.2 Å². The summed E-state index contributed by atoms with van der Waals surface area (Å²) in [5.41, 5.74) is 3.10. The zero-order chi connectivity index (χ0) is 23.2. The van der Waals surface area contributed by atoms with Crippen molar-refractivity contribution in [2.45, 2.75) is 25.7 Å². The van der Waals surface area contributed by atoms with Crippen LogP contribution in [0.4, 0.5) is 0 Å². The lowest BCUT2D eigenvalue weighted by atomic mass is 10.0. The summed E-state index contributed by atoms with van der Waals surface area (Å²) >= 11 is 6.01. The molecule has 1 unspecified atom stereocenters. The van der Waals surface area contributed by atoms with E-state index >= 15 is 0 Å². The van der Waals surface area contributed by atoms with Gasteiger partial charge in [0.2, 0.25) is 0 Å². The second-order valence-corrected chi connectivity index (χ2v) is 8.53. The Morgan fingerprint density at radius 1 is 1.03 bits per heavy atom. The first-order valence-electron chi connectivity index (χ1n) is 10.7. The third-order valence-corrected chi connectivity index (χ3v) is 5.79. The molecule has 33 heavy (non-hydrogen) atoms.